The number of alkyl halides is 3. The Morgan fingerprint density at radius 2 is 1.57 bits per heavy atom. The Balaban J connectivity index is 2.26. The fourth-order valence-corrected chi connectivity index (χ4v) is 2.66. The Bertz CT molecular complexity index is 925. The highest BCUT2D eigenvalue weighted by atomic mass is 19.4. The zero-order chi connectivity index (χ0) is 22.5. The predicted molar refractivity (Wildman–Crippen MR) is 104 cm³/mol. The standard InChI is InChI=1S/C21H21F3N2O4/c1-12(2)17(26-20(29)21(22,23)24)19(28)25-16-7-5-4-6-15(16)18(27)13-8-10-14(30-3)11-9-13/h4-12,17H,1-3H3,(H,25,28)(H,26,29). The molecule has 160 valence electrons. The van der Waals surface area contributed by atoms with E-state index < -0.39 is 35.7 Å². The van der Waals surface area contributed by atoms with Gasteiger partial charge in [-0.05, 0) is 42.3 Å². The summed E-state index contributed by atoms with van der Waals surface area (Å²) in [5, 5.41) is 4.15. The molecule has 2 amide bonds. The molecule has 1 unspecified atom stereocenters. The van der Waals surface area contributed by atoms with Gasteiger partial charge in [0.1, 0.15) is 11.8 Å². The number of ketones is 1. The second-order valence-electron chi connectivity index (χ2n) is 6.79. The topological polar surface area (TPSA) is 84.5 Å². The first kappa shape index (κ1) is 22.9. The second kappa shape index (κ2) is 9.43. The van der Waals surface area contributed by atoms with Gasteiger partial charge in [0.05, 0.1) is 12.8 Å². The van der Waals surface area contributed by atoms with E-state index >= 15 is 0 Å². The number of methoxy groups -OCH3 is 1. The van der Waals surface area contributed by atoms with Crippen molar-refractivity contribution in [3.8, 4) is 5.75 Å². The Morgan fingerprint density at radius 3 is 2.10 bits per heavy atom. The van der Waals surface area contributed by atoms with E-state index in [9.17, 15) is 27.6 Å². The molecule has 0 aliphatic rings. The van der Waals surface area contributed by atoms with Crippen LogP contribution in [0.15, 0.2) is 48.5 Å². The van der Waals surface area contributed by atoms with Crippen LogP contribution in [0.2, 0.25) is 0 Å². The fourth-order valence-electron chi connectivity index (χ4n) is 2.66. The number of hydrogen-bond acceptors (Lipinski definition) is 4. The van der Waals surface area contributed by atoms with Crippen LogP contribution in [0.1, 0.15) is 29.8 Å². The molecule has 0 aliphatic carbocycles. The molecule has 2 aromatic carbocycles. The molecule has 9 heteroatoms. The van der Waals surface area contributed by atoms with Crippen molar-refractivity contribution in [3.63, 3.8) is 0 Å². The molecule has 0 radical (unpaired) electrons. The zero-order valence-corrected chi connectivity index (χ0v) is 16.5. The third-order valence-electron chi connectivity index (χ3n) is 4.27. The fraction of sp³-hybridized carbons (Fsp3) is 0.286. The predicted octanol–water partition coefficient (Wildman–Crippen LogP) is 3.57. The maximum atomic E-state index is 12.9. The normalized spacial score (nSPS) is 12.2. The van der Waals surface area contributed by atoms with E-state index in [0.717, 1.165) is 0 Å². The van der Waals surface area contributed by atoms with Gasteiger partial charge in [0.15, 0.2) is 5.78 Å². The van der Waals surface area contributed by atoms with Crippen LogP contribution in [0.3, 0.4) is 0 Å². The van der Waals surface area contributed by atoms with Crippen LogP contribution in [-0.4, -0.2) is 36.9 Å². The van der Waals surface area contributed by atoms with E-state index in [2.05, 4.69) is 5.32 Å². The zero-order valence-electron chi connectivity index (χ0n) is 16.5. The molecule has 0 saturated heterocycles. The molecule has 2 rings (SSSR count). The molecular weight excluding hydrogens is 401 g/mol. The molecule has 0 aromatic heterocycles. The van der Waals surface area contributed by atoms with Crippen LogP contribution >= 0.6 is 0 Å². The van der Waals surface area contributed by atoms with Crippen molar-refractivity contribution in [1.29, 1.82) is 0 Å². The van der Waals surface area contributed by atoms with E-state index in [1.165, 1.54) is 33.1 Å². The van der Waals surface area contributed by atoms with Crippen molar-refractivity contribution >= 4 is 23.3 Å². The van der Waals surface area contributed by atoms with Gasteiger partial charge in [0.25, 0.3) is 0 Å². The molecule has 1 atom stereocenters. The van der Waals surface area contributed by atoms with Gasteiger partial charge in [-0.15, -0.1) is 0 Å². The minimum Gasteiger partial charge on any atom is -0.497 e. The molecule has 0 fully saturated rings. The van der Waals surface area contributed by atoms with E-state index in [-0.39, 0.29) is 11.3 Å². The van der Waals surface area contributed by atoms with Crippen molar-refractivity contribution in [3.05, 3.63) is 59.7 Å². The highest BCUT2D eigenvalue weighted by molar-refractivity contribution is 6.14. The van der Waals surface area contributed by atoms with Crippen LogP contribution in [0, 0.1) is 5.92 Å². The number of amides is 2. The number of carbonyl (C=O) groups is 3. The van der Waals surface area contributed by atoms with Crippen LogP contribution in [0.4, 0.5) is 18.9 Å². The summed E-state index contributed by atoms with van der Waals surface area (Å²) in [5.41, 5.74) is 0.610. The Hall–Kier alpha value is -3.36. The van der Waals surface area contributed by atoms with Crippen molar-refractivity contribution in [2.24, 2.45) is 5.92 Å². The lowest BCUT2D eigenvalue weighted by Crippen LogP contribution is -2.51. The highest BCUT2D eigenvalue weighted by Gasteiger charge is 2.41. The maximum Gasteiger partial charge on any atom is 0.471 e. The minimum atomic E-state index is -5.12. The average molecular weight is 422 g/mol. The van der Waals surface area contributed by atoms with E-state index in [1.54, 1.807) is 41.7 Å². The Kier molecular flexibility index (Phi) is 7.20. The number of hydrogen-bond donors (Lipinski definition) is 2. The molecule has 0 heterocycles. The van der Waals surface area contributed by atoms with E-state index in [0.29, 0.717) is 11.3 Å². The van der Waals surface area contributed by atoms with Gasteiger partial charge < -0.3 is 15.4 Å². The summed E-state index contributed by atoms with van der Waals surface area (Å²) < 4.78 is 42.8. The number of ether oxygens (including phenoxy) is 1. The molecule has 30 heavy (non-hydrogen) atoms. The molecule has 0 saturated carbocycles. The molecular formula is C21H21F3N2O4. The number of para-hydroxylation sites is 1. The molecule has 6 nitrogen and oxygen atoms in total. The summed E-state index contributed by atoms with van der Waals surface area (Å²) in [5.74, 6) is -3.53. The quantitative estimate of drug-likeness (QED) is 0.669. The Morgan fingerprint density at radius 1 is 0.967 bits per heavy atom. The largest absolute Gasteiger partial charge is 0.497 e. The van der Waals surface area contributed by atoms with Gasteiger partial charge in [-0.3, -0.25) is 14.4 Å². The number of halogens is 3. The molecule has 2 N–H and O–H groups in total. The van der Waals surface area contributed by atoms with Gasteiger partial charge >= 0.3 is 12.1 Å². The maximum absolute atomic E-state index is 12.9. The summed E-state index contributed by atoms with van der Waals surface area (Å²) in [6.45, 7) is 2.99. The summed E-state index contributed by atoms with van der Waals surface area (Å²) in [6.07, 6.45) is -5.12. The summed E-state index contributed by atoms with van der Waals surface area (Å²) in [6, 6.07) is 11.0. The lowest BCUT2D eigenvalue weighted by molar-refractivity contribution is -0.175. The van der Waals surface area contributed by atoms with Gasteiger partial charge in [0, 0.05) is 11.1 Å². The number of nitrogens with one attached hydrogen (secondary N) is 2. The lowest BCUT2D eigenvalue weighted by atomic mass is 10.00. The van der Waals surface area contributed by atoms with Crippen LogP contribution in [0.25, 0.3) is 0 Å². The third-order valence-corrected chi connectivity index (χ3v) is 4.27. The van der Waals surface area contributed by atoms with Gasteiger partial charge in [-0.25, -0.2) is 0 Å². The van der Waals surface area contributed by atoms with Crippen molar-refractivity contribution < 1.29 is 32.3 Å². The SMILES string of the molecule is COc1ccc(C(=O)c2ccccc2NC(=O)C(NC(=O)C(F)(F)F)C(C)C)cc1. The lowest BCUT2D eigenvalue weighted by Gasteiger charge is -2.23. The monoisotopic (exact) mass is 422 g/mol. The first-order valence-corrected chi connectivity index (χ1v) is 9.01. The molecule has 0 spiro atoms. The molecule has 0 bridgehead atoms. The van der Waals surface area contributed by atoms with Crippen molar-refractivity contribution in [1.82, 2.24) is 5.32 Å². The smallest absolute Gasteiger partial charge is 0.471 e. The summed E-state index contributed by atoms with van der Waals surface area (Å²) in [4.78, 5) is 36.7. The number of benzene rings is 2. The summed E-state index contributed by atoms with van der Waals surface area (Å²) >= 11 is 0. The Labute approximate surface area is 171 Å². The van der Waals surface area contributed by atoms with Gasteiger partial charge in [0.2, 0.25) is 5.91 Å². The number of carbonyl (C=O) groups excluding carboxylic acids is 3. The molecule has 0 aliphatic heterocycles. The number of rotatable bonds is 7. The van der Waals surface area contributed by atoms with Crippen LogP contribution in [0.5, 0.6) is 5.75 Å². The van der Waals surface area contributed by atoms with E-state index in [1.807, 2.05) is 0 Å². The first-order chi connectivity index (χ1) is 14.0. The van der Waals surface area contributed by atoms with Crippen molar-refractivity contribution in [2.45, 2.75) is 26.1 Å². The van der Waals surface area contributed by atoms with Crippen LogP contribution in [-0.2, 0) is 9.59 Å². The average Bonchev–Trinajstić information content (AvgIpc) is 2.70. The first-order valence-electron chi connectivity index (χ1n) is 9.01. The van der Waals surface area contributed by atoms with Gasteiger partial charge in [-0.2, -0.15) is 13.2 Å². The highest BCUT2D eigenvalue weighted by Crippen LogP contribution is 2.22. The van der Waals surface area contributed by atoms with Crippen molar-refractivity contribution in [2.75, 3.05) is 12.4 Å². The molecule has 2 aromatic rings. The van der Waals surface area contributed by atoms with E-state index in [4.69, 9.17) is 4.74 Å². The minimum absolute atomic E-state index is 0.121. The summed E-state index contributed by atoms with van der Waals surface area (Å²) in [7, 11) is 1.49. The number of anilines is 1. The third kappa shape index (κ3) is 5.59. The van der Waals surface area contributed by atoms with Crippen LogP contribution < -0.4 is 15.4 Å². The van der Waals surface area contributed by atoms with Gasteiger partial charge in [-0.1, -0.05) is 26.0 Å². The second-order valence-corrected chi connectivity index (χ2v) is 6.79.